The van der Waals surface area contributed by atoms with Crippen LogP contribution < -0.4 is 15.8 Å². The molecular weight excluding hydrogens is 369 g/mol. The van der Waals surface area contributed by atoms with Gasteiger partial charge in [-0.05, 0) is 33.0 Å². The first-order chi connectivity index (χ1) is 13.8. The third-order valence-electron chi connectivity index (χ3n) is 5.17. The zero-order chi connectivity index (χ0) is 21.0. The first kappa shape index (κ1) is 20.9. The van der Waals surface area contributed by atoms with Gasteiger partial charge in [0.15, 0.2) is 11.6 Å². The van der Waals surface area contributed by atoms with Crippen LogP contribution in [0.2, 0.25) is 0 Å². The molecule has 1 fully saturated rings. The lowest BCUT2D eigenvalue weighted by atomic mass is 10.0. The average molecular weight is 397 g/mol. The third-order valence-corrected chi connectivity index (χ3v) is 5.17. The Bertz CT molecular complexity index is 927. The van der Waals surface area contributed by atoms with Crippen LogP contribution in [0.3, 0.4) is 0 Å². The summed E-state index contributed by atoms with van der Waals surface area (Å²) in [5.41, 5.74) is 6.86. The predicted octanol–water partition coefficient (Wildman–Crippen LogP) is 3.01. The molecule has 0 atom stereocenters. The van der Waals surface area contributed by atoms with Crippen molar-refractivity contribution in [3.8, 4) is 23.3 Å². The molecule has 3 N–H and O–H groups in total. The Morgan fingerprint density at radius 2 is 1.90 bits per heavy atom. The lowest BCUT2D eigenvalue weighted by molar-refractivity contribution is 0.0946. The maximum absolute atomic E-state index is 14.3. The number of nitrogens with one attached hydrogen (secondary N) is 1. The first-order valence-electron chi connectivity index (χ1n) is 9.66. The van der Waals surface area contributed by atoms with Crippen LogP contribution in [0.5, 0.6) is 11.5 Å². The number of pyridine rings is 1. The molecule has 0 unspecified atom stereocenters. The summed E-state index contributed by atoms with van der Waals surface area (Å²) in [4.78, 5) is 8.78. The molecule has 0 amide bonds. The Morgan fingerprint density at radius 1 is 1.17 bits per heavy atom. The topological polar surface area (TPSA) is 66.7 Å². The van der Waals surface area contributed by atoms with E-state index in [1.165, 1.54) is 12.3 Å². The summed E-state index contributed by atoms with van der Waals surface area (Å²) < 4.78 is 20.1. The molecule has 1 aromatic heterocycles. The summed E-state index contributed by atoms with van der Waals surface area (Å²) in [6.07, 6.45) is 1.53. The normalized spacial score (nSPS) is 15.5. The van der Waals surface area contributed by atoms with Gasteiger partial charge in [0.05, 0.1) is 5.54 Å². The fourth-order valence-electron chi connectivity index (χ4n) is 3.19. The van der Waals surface area contributed by atoms with Gasteiger partial charge in [-0.3, -0.25) is 4.90 Å². The number of hydrogen-bond acceptors (Lipinski definition) is 6. The van der Waals surface area contributed by atoms with E-state index >= 15 is 0 Å². The van der Waals surface area contributed by atoms with Crippen molar-refractivity contribution in [3.05, 3.63) is 41.8 Å². The highest BCUT2D eigenvalue weighted by molar-refractivity contribution is 5.60. The molecule has 0 aliphatic carbocycles. The van der Waals surface area contributed by atoms with E-state index in [1.54, 1.807) is 25.2 Å². The maximum Gasteiger partial charge on any atom is 0.167 e. The number of likely N-dealkylation sites (N-methyl/N-ethyl adjacent to an activating group) is 1. The standard InChI is InChI=1S/C22H28FN5O/c1-22(2,28-13-11-27(4)12-14-28)9-7-17-19(8-10-26-21(17)24)29-20-6-5-16(25-3)15-18(20)23/h5-6,8,10,15,25H,11-14H2,1-4H3,(H2,24,26). The highest BCUT2D eigenvalue weighted by Gasteiger charge is 2.27. The van der Waals surface area contributed by atoms with E-state index < -0.39 is 5.82 Å². The number of halogens is 1. The molecule has 3 rings (SSSR count). The van der Waals surface area contributed by atoms with Crippen molar-refractivity contribution in [2.24, 2.45) is 0 Å². The van der Waals surface area contributed by atoms with Gasteiger partial charge in [0.2, 0.25) is 0 Å². The van der Waals surface area contributed by atoms with Crippen LogP contribution in [0.25, 0.3) is 0 Å². The molecule has 1 aromatic carbocycles. The Labute approximate surface area is 171 Å². The molecule has 0 saturated carbocycles. The highest BCUT2D eigenvalue weighted by Crippen LogP contribution is 2.30. The van der Waals surface area contributed by atoms with Gasteiger partial charge in [-0.25, -0.2) is 9.37 Å². The summed E-state index contributed by atoms with van der Waals surface area (Å²) in [5, 5.41) is 2.89. The number of nitrogen functional groups attached to an aromatic ring is 1. The Kier molecular flexibility index (Phi) is 6.26. The van der Waals surface area contributed by atoms with Gasteiger partial charge in [-0.1, -0.05) is 11.8 Å². The van der Waals surface area contributed by atoms with Crippen LogP contribution in [0.1, 0.15) is 19.4 Å². The molecule has 1 aliphatic heterocycles. The van der Waals surface area contributed by atoms with Crippen LogP contribution >= 0.6 is 0 Å². The number of aromatic nitrogens is 1. The quantitative estimate of drug-likeness (QED) is 0.773. The zero-order valence-corrected chi connectivity index (χ0v) is 17.4. The molecule has 0 radical (unpaired) electrons. The van der Waals surface area contributed by atoms with Crippen LogP contribution in [0.15, 0.2) is 30.5 Å². The number of nitrogens with zero attached hydrogens (tertiary/aromatic N) is 3. The molecule has 0 bridgehead atoms. The van der Waals surface area contributed by atoms with Crippen LogP contribution in [-0.2, 0) is 0 Å². The van der Waals surface area contributed by atoms with E-state index in [-0.39, 0.29) is 17.1 Å². The molecule has 6 nitrogen and oxygen atoms in total. The van der Waals surface area contributed by atoms with Crippen molar-refractivity contribution < 1.29 is 9.13 Å². The second kappa shape index (κ2) is 8.68. The van der Waals surface area contributed by atoms with Gasteiger partial charge in [0.1, 0.15) is 17.1 Å². The Morgan fingerprint density at radius 3 is 2.55 bits per heavy atom. The summed E-state index contributed by atoms with van der Waals surface area (Å²) >= 11 is 0. The fourth-order valence-corrected chi connectivity index (χ4v) is 3.19. The van der Waals surface area contributed by atoms with Crippen LogP contribution in [-0.4, -0.2) is 60.6 Å². The highest BCUT2D eigenvalue weighted by atomic mass is 19.1. The van der Waals surface area contributed by atoms with E-state index in [9.17, 15) is 4.39 Å². The second-order valence-electron chi connectivity index (χ2n) is 7.67. The number of hydrogen-bond donors (Lipinski definition) is 2. The van der Waals surface area contributed by atoms with E-state index in [0.29, 0.717) is 17.0 Å². The van der Waals surface area contributed by atoms with Gasteiger partial charge >= 0.3 is 0 Å². The van der Waals surface area contributed by atoms with E-state index in [2.05, 4.69) is 52.8 Å². The zero-order valence-electron chi connectivity index (χ0n) is 17.4. The Hall–Kier alpha value is -2.82. The number of ether oxygens (including phenoxy) is 1. The smallest absolute Gasteiger partial charge is 0.167 e. The minimum atomic E-state index is -0.469. The molecule has 0 spiro atoms. The predicted molar refractivity (Wildman–Crippen MR) is 115 cm³/mol. The molecule has 2 aromatic rings. The van der Waals surface area contributed by atoms with Crippen molar-refractivity contribution in [1.82, 2.24) is 14.8 Å². The van der Waals surface area contributed by atoms with Crippen LogP contribution in [0, 0.1) is 17.7 Å². The van der Waals surface area contributed by atoms with Gasteiger partial charge in [0.25, 0.3) is 0 Å². The van der Waals surface area contributed by atoms with Crippen LogP contribution in [0.4, 0.5) is 15.9 Å². The summed E-state index contributed by atoms with van der Waals surface area (Å²) in [5.74, 6) is 6.74. The van der Waals surface area contributed by atoms with Crippen molar-refractivity contribution in [2.45, 2.75) is 19.4 Å². The molecule has 29 heavy (non-hydrogen) atoms. The van der Waals surface area contributed by atoms with E-state index in [1.807, 2.05) is 0 Å². The number of piperazine rings is 1. The Balaban J connectivity index is 1.87. The molecule has 154 valence electrons. The SMILES string of the molecule is CNc1ccc(Oc2ccnc(N)c2C#CC(C)(C)N2CCN(C)CC2)c(F)c1. The summed E-state index contributed by atoms with van der Waals surface area (Å²) in [6.45, 7) is 8.11. The molecule has 1 saturated heterocycles. The first-order valence-corrected chi connectivity index (χ1v) is 9.66. The lowest BCUT2D eigenvalue weighted by Crippen LogP contribution is -2.53. The molecule has 2 heterocycles. The number of nitrogens with two attached hydrogens (primary N) is 1. The number of rotatable bonds is 4. The van der Waals surface area contributed by atoms with Gasteiger partial charge in [-0.2, -0.15) is 0 Å². The average Bonchev–Trinajstić information content (AvgIpc) is 2.69. The fraction of sp³-hybridized carbons (Fsp3) is 0.409. The molecule has 1 aliphatic rings. The third kappa shape index (κ3) is 4.97. The summed E-state index contributed by atoms with van der Waals surface area (Å²) in [6, 6.07) is 6.34. The van der Waals surface area contributed by atoms with Gasteiger partial charge in [-0.15, -0.1) is 0 Å². The lowest BCUT2D eigenvalue weighted by Gasteiger charge is -2.40. The van der Waals surface area contributed by atoms with Gasteiger partial charge < -0.3 is 20.7 Å². The van der Waals surface area contributed by atoms with E-state index in [0.717, 1.165) is 26.2 Å². The monoisotopic (exact) mass is 397 g/mol. The molecular formula is C22H28FN5O. The molecule has 7 heteroatoms. The number of benzene rings is 1. The largest absolute Gasteiger partial charge is 0.453 e. The summed E-state index contributed by atoms with van der Waals surface area (Å²) in [7, 11) is 3.85. The van der Waals surface area contributed by atoms with Gasteiger partial charge in [0, 0.05) is 57.2 Å². The van der Waals surface area contributed by atoms with E-state index in [4.69, 9.17) is 10.5 Å². The second-order valence-corrected chi connectivity index (χ2v) is 7.67. The minimum Gasteiger partial charge on any atom is -0.453 e. The number of anilines is 2. The minimum absolute atomic E-state index is 0.107. The van der Waals surface area contributed by atoms with Crippen molar-refractivity contribution in [3.63, 3.8) is 0 Å². The van der Waals surface area contributed by atoms with Crippen molar-refractivity contribution >= 4 is 11.5 Å². The van der Waals surface area contributed by atoms with Crippen molar-refractivity contribution in [2.75, 3.05) is 51.3 Å². The maximum atomic E-state index is 14.3. The van der Waals surface area contributed by atoms with Crippen molar-refractivity contribution in [1.29, 1.82) is 0 Å².